The number of nitrogens with zero attached hydrogens (tertiary/aromatic N) is 2. The average molecular weight is 398 g/mol. The first-order chi connectivity index (χ1) is 12.6. The van der Waals surface area contributed by atoms with Crippen LogP contribution in [0.3, 0.4) is 0 Å². The lowest BCUT2D eigenvalue weighted by Gasteiger charge is -2.30. The number of morpholine rings is 1. The Labute approximate surface area is 162 Å². The van der Waals surface area contributed by atoms with E-state index in [0.717, 1.165) is 31.5 Å². The quantitative estimate of drug-likeness (QED) is 0.748. The third-order valence-electron chi connectivity index (χ3n) is 4.52. The molecule has 152 valence electrons. The molecule has 8 heteroatoms. The molecule has 1 fully saturated rings. The van der Waals surface area contributed by atoms with Crippen LogP contribution in [0, 0.1) is 0 Å². The molecule has 1 aliphatic rings. The summed E-state index contributed by atoms with van der Waals surface area (Å²) in [5.74, 6) is -0.308. The van der Waals surface area contributed by atoms with Crippen LogP contribution in [0.5, 0.6) is 0 Å². The van der Waals surface area contributed by atoms with Crippen LogP contribution in [0.1, 0.15) is 26.3 Å². The van der Waals surface area contributed by atoms with Gasteiger partial charge in [-0.05, 0) is 17.0 Å². The minimum Gasteiger partial charge on any atom is -0.379 e. The van der Waals surface area contributed by atoms with Gasteiger partial charge in [-0.1, -0.05) is 39.0 Å². The molecule has 2 rings (SSSR count). The highest BCUT2D eigenvalue weighted by Crippen LogP contribution is 2.32. The van der Waals surface area contributed by atoms with Gasteiger partial charge in [0.15, 0.2) is 0 Å². The zero-order chi connectivity index (χ0) is 20.1. The molecule has 1 amide bonds. The second-order valence-corrected chi connectivity index (χ2v) is 9.75. The minimum atomic E-state index is -3.60. The van der Waals surface area contributed by atoms with E-state index in [1.54, 1.807) is 12.1 Å². The van der Waals surface area contributed by atoms with E-state index in [-0.39, 0.29) is 17.9 Å². The topological polar surface area (TPSA) is 79.0 Å². The van der Waals surface area contributed by atoms with E-state index in [1.807, 2.05) is 32.9 Å². The van der Waals surface area contributed by atoms with Crippen molar-refractivity contribution >= 4 is 21.6 Å². The first-order valence-electron chi connectivity index (χ1n) is 9.23. The molecule has 0 spiro atoms. The Morgan fingerprint density at radius 3 is 2.44 bits per heavy atom. The monoisotopic (exact) mass is 397 g/mol. The number of rotatable bonds is 7. The van der Waals surface area contributed by atoms with Crippen LogP contribution in [-0.4, -0.2) is 71.4 Å². The third kappa shape index (κ3) is 6.48. The van der Waals surface area contributed by atoms with Gasteiger partial charge in [-0.3, -0.25) is 14.0 Å². The van der Waals surface area contributed by atoms with Crippen LogP contribution in [0.25, 0.3) is 0 Å². The number of amides is 1. The average Bonchev–Trinajstić information content (AvgIpc) is 2.59. The van der Waals surface area contributed by atoms with Gasteiger partial charge in [0.1, 0.15) is 6.54 Å². The first kappa shape index (κ1) is 21.7. The molecule has 0 aromatic heterocycles. The number of carbonyl (C=O) groups is 1. The van der Waals surface area contributed by atoms with Crippen molar-refractivity contribution in [2.75, 3.05) is 56.5 Å². The number of nitrogens with one attached hydrogen (secondary N) is 1. The third-order valence-corrected chi connectivity index (χ3v) is 5.65. The molecule has 1 aromatic rings. The summed E-state index contributed by atoms with van der Waals surface area (Å²) in [6, 6.07) is 7.33. The lowest BCUT2D eigenvalue weighted by Crippen LogP contribution is -2.45. The lowest BCUT2D eigenvalue weighted by molar-refractivity contribution is -0.119. The van der Waals surface area contributed by atoms with Crippen molar-refractivity contribution in [3.8, 4) is 0 Å². The summed E-state index contributed by atoms with van der Waals surface area (Å²) in [5.41, 5.74) is 1.19. The Morgan fingerprint density at radius 2 is 1.85 bits per heavy atom. The number of carbonyl (C=O) groups excluding carboxylic acids is 1. The Kier molecular flexibility index (Phi) is 7.25. The number of hydrogen-bond donors (Lipinski definition) is 1. The zero-order valence-corrected chi connectivity index (χ0v) is 17.5. The van der Waals surface area contributed by atoms with Crippen molar-refractivity contribution in [3.63, 3.8) is 0 Å². The van der Waals surface area contributed by atoms with Gasteiger partial charge in [0.25, 0.3) is 0 Å². The molecule has 7 nitrogen and oxygen atoms in total. The van der Waals surface area contributed by atoms with Crippen molar-refractivity contribution in [2.45, 2.75) is 26.2 Å². The summed E-state index contributed by atoms with van der Waals surface area (Å²) < 4.78 is 31.3. The zero-order valence-electron chi connectivity index (χ0n) is 16.7. The maximum atomic E-state index is 12.4. The lowest BCUT2D eigenvalue weighted by atomic mass is 9.86. The van der Waals surface area contributed by atoms with Crippen molar-refractivity contribution in [1.29, 1.82) is 0 Å². The van der Waals surface area contributed by atoms with Gasteiger partial charge >= 0.3 is 0 Å². The van der Waals surface area contributed by atoms with E-state index in [4.69, 9.17) is 4.74 Å². The fourth-order valence-electron chi connectivity index (χ4n) is 3.07. The summed E-state index contributed by atoms with van der Waals surface area (Å²) >= 11 is 0. The van der Waals surface area contributed by atoms with Gasteiger partial charge in [-0.25, -0.2) is 8.42 Å². The van der Waals surface area contributed by atoms with Gasteiger partial charge < -0.3 is 10.1 Å². The molecule has 0 aliphatic carbocycles. The minimum absolute atomic E-state index is 0.227. The SMILES string of the molecule is CC(C)(C)c1ccccc1N(CC(=O)NCCN1CCOCC1)S(C)(=O)=O. The number of hydrogen-bond acceptors (Lipinski definition) is 5. The normalized spacial score (nSPS) is 16.1. The fraction of sp³-hybridized carbons (Fsp3) is 0.632. The number of benzene rings is 1. The Hall–Kier alpha value is -1.64. The Morgan fingerprint density at radius 1 is 1.22 bits per heavy atom. The molecule has 0 atom stereocenters. The predicted molar refractivity (Wildman–Crippen MR) is 108 cm³/mol. The molecule has 1 N–H and O–H groups in total. The molecule has 1 heterocycles. The number of anilines is 1. The van der Waals surface area contributed by atoms with Crippen molar-refractivity contribution in [1.82, 2.24) is 10.2 Å². The first-order valence-corrected chi connectivity index (χ1v) is 11.1. The van der Waals surface area contributed by atoms with Gasteiger partial charge in [-0.2, -0.15) is 0 Å². The van der Waals surface area contributed by atoms with E-state index in [0.29, 0.717) is 25.4 Å². The van der Waals surface area contributed by atoms with E-state index in [9.17, 15) is 13.2 Å². The Balaban J connectivity index is 2.06. The molecular formula is C19H31N3O4S. The summed E-state index contributed by atoms with van der Waals surface area (Å²) in [5, 5.41) is 2.83. The molecule has 0 saturated carbocycles. The summed E-state index contributed by atoms with van der Waals surface area (Å²) in [4.78, 5) is 14.6. The summed E-state index contributed by atoms with van der Waals surface area (Å²) in [6.45, 7) is 10.2. The smallest absolute Gasteiger partial charge is 0.240 e. The number of sulfonamides is 1. The Bertz CT molecular complexity index is 738. The van der Waals surface area contributed by atoms with Crippen LogP contribution >= 0.6 is 0 Å². The van der Waals surface area contributed by atoms with Gasteiger partial charge in [-0.15, -0.1) is 0 Å². The molecule has 0 radical (unpaired) electrons. The number of ether oxygens (including phenoxy) is 1. The van der Waals surface area contributed by atoms with E-state index < -0.39 is 10.0 Å². The van der Waals surface area contributed by atoms with Crippen molar-refractivity contribution in [3.05, 3.63) is 29.8 Å². The van der Waals surface area contributed by atoms with E-state index in [2.05, 4.69) is 10.2 Å². The van der Waals surface area contributed by atoms with Crippen LogP contribution in [-0.2, 0) is 25.0 Å². The largest absolute Gasteiger partial charge is 0.379 e. The second-order valence-electron chi connectivity index (χ2n) is 7.84. The molecule has 27 heavy (non-hydrogen) atoms. The second kappa shape index (κ2) is 9.03. The summed E-state index contributed by atoms with van der Waals surface area (Å²) in [6.07, 6.45) is 1.13. The van der Waals surface area contributed by atoms with E-state index >= 15 is 0 Å². The highest BCUT2D eigenvalue weighted by molar-refractivity contribution is 7.92. The summed E-state index contributed by atoms with van der Waals surface area (Å²) in [7, 11) is -3.60. The van der Waals surface area contributed by atoms with Crippen LogP contribution < -0.4 is 9.62 Å². The fourth-order valence-corrected chi connectivity index (χ4v) is 3.94. The maximum absolute atomic E-state index is 12.4. The molecule has 0 bridgehead atoms. The highest BCUT2D eigenvalue weighted by Gasteiger charge is 2.27. The van der Waals surface area contributed by atoms with Crippen LogP contribution in [0.2, 0.25) is 0 Å². The van der Waals surface area contributed by atoms with Gasteiger partial charge in [0, 0.05) is 26.2 Å². The molecule has 1 aromatic carbocycles. The molecule has 0 unspecified atom stereocenters. The molecule has 1 aliphatic heterocycles. The van der Waals surface area contributed by atoms with Crippen molar-refractivity contribution < 1.29 is 17.9 Å². The molecule has 1 saturated heterocycles. The van der Waals surface area contributed by atoms with Gasteiger partial charge in [0.2, 0.25) is 15.9 Å². The molecular weight excluding hydrogens is 366 g/mol. The van der Waals surface area contributed by atoms with Crippen molar-refractivity contribution in [2.24, 2.45) is 0 Å². The number of para-hydroxylation sites is 1. The van der Waals surface area contributed by atoms with Crippen LogP contribution in [0.4, 0.5) is 5.69 Å². The standard InChI is InChI=1S/C19H31N3O4S/c1-19(2,3)16-7-5-6-8-17(16)22(27(4,24)25)15-18(23)20-9-10-21-11-13-26-14-12-21/h5-8H,9-15H2,1-4H3,(H,20,23). The van der Waals surface area contributed by atoms with Gasteiger partial charge in [0.05, 0.1) is 25.2 Å². The van der Waals surface area contributed by atoms with E-state index in [1.165, 1.54) is 4.31 Å². The highest BCUT2D eigenvalue weighted by atomic mass is 32.2. The van der Waals surface area contributed by atoms with Crippen LogP contribution in [0.15, 0.2) is 24.3 Å². The maximum Gasteiger partial charge on any atom is 0.240 e. The predicted octanol–water partition coefficient (Wildman–Crippen LogP) is 1.20.